The number of nitrogens with one attached hydrogen (secondary N) is 2. The normalized spacial score (nSPS) is 10.0. The van der Waals surface area contributed by atoms with Crippen LogP contribution in [-0.2, 0) is 14.3 Å². The second-order valence-electron chi connectivity index (χ2n) is 4.25. The summed E-state index contributed by atoms with van der Waals surface area (Å²) in [5, 5.41) is 7.74. The Hall–Kier alpha value is -2.55. The number of amides is 1. The van der Waals surface area contributed by atoms with Crippen molar-refractivity contribution in [3.63, 3.8) is 0 Å². The summed E-state index contributed by atoms with van der Waals surface area (Å²) < 4.78 is 4.87. The molecular formula is C13H15N5O3S. The third-order valence-corrected chi connectivity index (χ3v) is 3.28. The van der Waals surface area contributed by atoms with Gasteiger partial charge < -0.3 is 10.1 Å². The number of nitrogens with zero attached hydrogens (tertiary/aromatic N) is 3. The minimum atomic E-state index is -0.478. The highest BCUT2D eigenvalue weighted by Crippen LogP contribution is 2.13. The predicted molar refractivity (Wildman–Crippen MR) is 81.6 cm³/mol. The number of carbonyl (C=O) groups is 2. The molecule has 0 aliphatic carbocycles. The second-order valence-corrected chi connectivity index (χ2v) is 5.11. The van der Waals surface area contributed by atoms with E-state index >= 15 is 0 Å². The highest BCUT2D eigenvalue weighted by molar-refractivity contribution is 7.13. The van der Waals surface area contributed by atoms with Gasteiger partial charge in [-0.3, -0.25) is 14.9 Å². The first-order valence-corrected chi connectivity index (χ1v) is 7.40. The molecule has 1 amide bonds. The summed E-state index contributed by atoms with van der Waals surface area (Å²) in [6.07, 6.45) is 3.30. The van der Waals surface area contributed by atoms with Crippen LogP contribution in [0.3, 0.4) is 0 Å². The summed E-state index contributed by atoms with van der Waals surface area (Å²) in [6, 6.07) is 1.70. The van der Waals surface area contributed by atoms with Crippen LogP contribution in [0.1, 0.15) is 12.1 Å². The predicted octanol–water partition coefficient (Wildman–Crippen LogP) is 1.23. The van der Waals surface area contributed by atoms with E-state index < -0.39 is 11.9 Å². The van der Waals surface area contributed by atoms with Crippen molar-refractivity contribution in [2.45, 2.75) is 13.3 Å². The van der Waals surface area contributed by atoms with Gasteiger partial charge in [0, 0.05) is 24.3 Å². The maximum Gasteiger partial charge on any atom is 0.308 e. The summed E-state index contributed by atoms with van der Waals surface area (Å²) in [5.74, 6) is -0.455. The minimum absolute atomic E-state index is 0.113. The maximum atomic E-state index is 11.6. The fraction of sp³-hybridized carbons (Fsp3) is 0.308. The van der Waals surface area contributed by atoms with E-state index in [4.69, 9.17) is 4.74 Å². The second kappa shape index (κ2) is 8.03. The molecule has 0 fully saturated rings. The molecular weight excluding hydrogens is 306 g/mol. The van der Waals surface area contributed by atoms with Crippen LogP contribution in [0.5, 0.6) is 0 Å². The van der Waals surface area contributed by atoms with Crippen molar-refractivity contribution in [2.75, 3.05) is 23.8 Å². The van der Waals surface area contributed by atoms with Crippen LogP contribution in [0.2, 0.25) is 0 Å². The highest BCUT2D eigenvalue weighted by atomic mass is 32.1. The average molecular weight is 321 g/mol. The van der Waals surface area contributed by atoms with Crippen molar-refractivity contribution < 1.29 is 14.3 Å². The molecule has 0 spiro atoms. The van der Waals surface area contributed by atoms with E-state index in [2.05, 4.69) is 25.6 Å². The monoisotopic (exact) mass is 321 g/mol. The molecule has 0 unspecified atom stereocenters. The molecule has 2 heterocycles. The van der Waals surface area contributed by atoms with Gasteiger partial charge in [0.25, 0.3) is 5.91 Å². The molecule has 0 aliphatic heterocycles. The number of hydrogen-bond acceptors (Lipinski definition) is 8. The fourth-order valence-corrected chi connectivity index (χ4v) is 2.16. The van der Waals surface area contributed by atoms with Crippen LogP contribution in [0, 0.1) is 6.92 Å². The molecule has 2 N–H and O–H groups in total. The number of carbonyl (C=O) groups excluding carboxylic acids is 2. The number of ether oxygens (including phenoxy) is 1. The molecule has 2 aromatic heterocycles. The number of hydrogen-bond donors (Lipinski definition) is 2. The molecule has 9 heteroatoms. The lowest BCUT2D eigenvalue weighted by Gasteiger charge is -2.05. The van der Waals surface area contributed by atoms with E-state index in [9.17, 15) is 9.59 Å². The SMILES string of the molecule is Cc1csc(NC(=O)COC(=O)CCNc2ncccn2)n1. The number of rotatable bonds is 7. The maximum absolute atomic E-state index is 11.6. The molecule has 0 aliphatic rings. The lowest BCUT2D eigenvalue weighted by atomic mass is 10.4. The topological polar surface area (TPSA) is 106 Å². The number of aromatic nitrogens is 3. The number of aryl methyl sites for hydroxylation is 1. The Morgan fingerprint density at radius 3 is 2.77 bits per heavy atom. The van der Waals surface area contributed by atoms with Crippen LogP contribution >= 0.6 is 11.3 Å². The third-order valence-electron chi connectivity index (χ3n) is 2.41. The standard InChI is InChI=1S/C13H15N5O3S/c1-9-8-22-13(17-9)18-10(19)7-21-11(20)3-6-16-12-14-4-2-5-15-12/h2,4-5,8H,3,6-7H2,1H3,(H,14,15,16)(H,17,18,19). The van der Waals surface area contributed by atoms with Crippen LogP contribution in [0.25, 0.3) is 0 Å². The van der Waals surface area contributed by atoms with E-state index in [1.807, 2.05) is 12.3 Å². The van der Waals surface area contributed by atoms with Gasteiger partial charge in [0.05, 0.1) is 12.1 Å². The minimum Gasteiger partial charge on any atom is -0.456 e. The van der Waals surface area contributed by atoms with Gasteiger partial charge in [-0.25, -0.2) is 15.0 Å². The van der Waals surface area contributed by atoms with E-state index in [1.165, 1.54) is 11.3 Å². The van der Waals surface area contributed by atoms with Crippen molar-refractivity contribution >= 4 is 34.3 Å². The van der Waals surface area contributed by atoms with E-state index in [0.717, 1.165) is 5.69 Å². The van der Waals surface area contributed by atoms with E-state index in [-0.39, 0.29) is 13.0 Å². The van der Waals surface area contributed by atoms with E-state index in [0.29, 0.717) is 17.6 Å². The molecule has 0 aromatic carbocycles. The Bertz CT molecular complexity index is 632. The first-order chi connectivity index (χ1) is 10.6. The Morgan fingerprint density at radius 1 is 1.32 bits per heavy atom. The Morgan fingerprint density at radius 2 is 2.09 bits per heavy atom. The zero-order valence-corrected chi connectivity index (χ0v) is 12.7. The first kappa shape index (κ1) is 15.8. The van der Waals surface area contributed by atoms with Gasteiger partial charge in [-0.15, -0.1) is 11.3 Å². The van der Waals surface area contributed by atoms with Crippen molar-refractivity contribution in [1.29, 1.82) is 0 Å². The summed E-state index contributed by atoms with van der Waals surface area (Å²) in [7, 11) is 0. The van der Waals surface area contributed by atoms with Crippen molar-refractivity contribution in [1.82, 2.24) is 15.0 Å². The molecule has 0 saturated carbocycles. The average Bonchev–Trinajstić information content (AvgIpc) is 2.91. The van der Waals surface area contributed by atoms with Crippen LogP contribution in [0.4, 0.5) is 11.1 Å². The number of anilines is 2. The largest absolute Gasteiger partial charge is 0.456 e. The van der Waals surface area contributed by atoms with Crippen LogP contribution in [0.15, 0.2) is 23.8 Å². The molecule has 116 valence electrons. The first-order valence-electron chi connectivity index (χ1n) is 6.52. The smallest absolute Gasteiger partial charge is 0.308 e. The molecule has 0 radical (unpaired) electrons. The fourth-order valence-electron chi connectivity index (χ4n) is 1.45. The summed E-state index contributed by atoms with van der Waals surface area (Å²) in [6.45, 7) is 1.82. The highest BCUT2D eigenvalue weighted by Gasteiger charge is 2.09. The van der Waals surface area contributed by atoms with Gasteiger partial charge in [0.15, 0.2) is 11.7 Å². The van der Waals surface area contributed by atoms with Gasteiger partial charge in [0.2, 0.25) is 5.95 Å². The van der Waals surface area contributed by atoms with Gasteiger partial charge in [0.1, 0.15) is 0 Å². The van der Waals surface area contributed by atoms with Crippen molar-refractivity contribution in [2.24, 2.45) is 0 Å². The molecule has 0 atom stereocenters. The Balaban J connectivity index is 1.62. The van der Waals surface area contributed by atoms with Crippen LogP contribution < -0.4 is 10.6 Å². The lowest BCUT2D eigenvalue weighted by Crippen LogP contribution is -2.22. The number of thiazole rings is 1. The quantitative estimate of drug-likeness (QED) is 0.739. The van der Waals surface area contributed by atoms with Gasteiger partial charge in [-0.05, 0) is 13.0 Å². The Kier molecular flexibility index (Phi) is 5.78. The number of esters is 1. The summed E-state index contributed by atoms with van der Waals surface area (Å²) in [4.78, 5) is 35.1. The van der Waals surface area contributed by atoms with Crippen molar-refractivity contribution in [3.05, 3.63) is 29.5 Å². The molecule has 2 rings (SSSR count). The van der Waals surface area contributed by atoms with Gasteiger partial charge >= 0.3 is 5.97 Å². The molecule has 0 bridgehead atoms. The molecule has 22 heavy (non-hydrogen) atoms. The Labute approximate surface area is 131 Å². The van der Waals surface area contributed by atoms with E-state index in [1.54, 1.807) is 18.5 Å². The molecule has 2 aromatic rings. The lowest BCUT2D eigenvalue weighted by molar-refractivity contribution is -0.147. The third kappa shape index (κ3) is 5.44. The molecule has 8 nitrogen and oxygen atoms in total. The summed E-state index contributed by atoms with van der Waals surface area (Å²) >= 11 is 1.32. The molecule has 0 saturated heterocycles. The zero-order valence-electron chi connectivity index (χ0n) is 11.9. The van der Waals surface area contributed by atoms with Gasteiger partial charge in [-0.2, -0.15) is 0 Å². The van der Waals surface area contributed by atoms with Crippen LogP contribution in [-0.4, -0.2) is 40.0 Å². The van der Waals surface area contributed by atoms with Gasteiger partial charge in [-0.1, -0.05) is 0 Å². The van der Waals surface area contributed by atoms with Crippen molar-refractivity contribution in [3.8, 4) is 0 Å². The zero-order chi connectivity index (χ0) is 15.8. The summed E-state index contributed by atoms with van der Waals surface area (Å²) in [5.41, 5.74) is 0.825.